The highest BCUT2D eigenvalue weighted by Gasteiger charge is 2.38. The topological polar surface area (TPSA) is 122 Å². The number of anilines is 1. The number of para-hydroxylation sites is 1. The van der Waals surface area contributed by atoms with Crippen molar-refractivity contribution in [3.8, 4) is 11.4 Å². The molecule has 2 aromatic rings. The van der Waals surface area contributed by atoms with Gasteiger partial charge < -0.3 is 9.84 Å². The van der Waals surface area contributed by atoms with Gasteiger partial charge in [-0.2, -0.15) is 0 Å². The van der Waals surface area contributed by atoms with E-state index < -0.39 is 16.2 Å². The molecule has 2 aliphatic rings. The second kappa shape index (κ2) is 10.4. The van der Waals surface area contributed by atoms with Crippen molar-refractivity contribution in [3.63, 3.8) is 0 Å². The van der Waals surface area contributed by atoms with Gasteiger partial charge in [-0.3, -0.25) is 9.69 Å². The Labute approximate surface area is 205 Å². The summed E-state index contributed by atoms with van der Waals surface area (Å²) in [6.45, 7) is 2.74. The summed E-state index contributed by atoms with van der Waals surface area (Å²) in [7, 11) is -3.33. The van der Waals surface area contributed by atoms with Crippen molar-refractivity contribution in [2.45, 2.75) is 51.5 Å². The summed E-state index contributed by atoms with van der Waals surface area (Å²) >= 11 is 0. The number of carbonyl (C=O) groups excluding carboxylic acids is 1. The van der Waals surface area contributed by atoms with Crippen LogP contribution in [0, 0.1) is 11.8 Å². The monoisotopic (exact) mass is 504 g/mol. The van der Waals surface area contributed by atoms with Crippen LogP contribution in [0.2, 0.25) is 0 Å². The molecule has 1 aromatic heterocycles. The van der Waals surface area contributed by atoms with Crippen LogP contribution in [0.3, 0.4) is 0 Å². The molecule has 0 spiro atoms. The van der Waals surface area contributed by atoms with Crippen molar-refractivity contribution in [3.05, 3.63) is 36.5 Å². The van der Waals surface area contributed by atoms with Crippen LogP contribution >= 0.6 is 0 Å². The zero-order valence-electron chi connectivity index (χ0n) is 20.0. The van der Waals surface area contributed by atoms with Crippen molar-refractivity contribution in [2.75, 3.05) is 24.2 Å². The second-order valence-electron chi connectivity index (χ2n) is 9.52. The van der Waals surface area contributed by atoms with Crippen molar-refractivity contribution >= 4 is 27.9 Å². The predicted molar refractivity (Wildman–Crippen MR) is 130 cm³/mol. The van der Waals surface area contributed by atoms with Gasteiger partial charge in [-0.05, 0) is 56.6 Å². The van der Waals surface area contributed by atoms with Gasteiger partial charge in [0.25, 0.3) is 0 Å². The van der Waals surface area contributed by atoms with E-state index in [2.05, 4.69) is 12.0 Å². The highest BCUT2D eigenvalue weighted by atomic mass is 32.2. The number of benzene rings is 1. The molecule has 0 atom stereocenters. The fraction of sp³-hybridized carbons (Fsp3) is 0.542. The quantitative estimate of drug-likeness (QED) is 0.597. The molecule has 0 radical (unpaired) electrons. The van der Waals surface area contributed by atoms with Gasteiger partial charge in [0.15, 0.2) is 5.75 Å². The molecule has 1 saturated heterocycles. The van der Waals surface area contributed by atoms with Crippen molar-refractivity contribution in [2.24, 2.45) is 11.8 Å². The van der Waals surface area contributed by atoms with E-state index in [1.807, 2.05) is 30.3 Å². The average Bonchev–Trinajstić information content (AvgIpc) is 3.22. The average molecular weight is 505 g/mol. The lowest BCUT2D eigenvalue weighted by Gasteiger charge is -2.39. The Morgan fingerprint density at radius 1 is 1.06 bits per heavy atom. The smallest absolute Gasteiger partial charge is 0.449 e. The standard InChI is InChI=1S/C24H32N4O6S/c1-17-8-10-18(11-9-17)23(29)28(20-12-14-26(15-13-20)35(2,32)33)22-21(34-24(30)31)16-27(25-22)19-6-4-3-5-7-19/h3-7,16-18,20H,8-15H2,1-2H3,(H,30,31)/t17-,18-. The first-order valence-electron chi connectivity index (χ1n) is 12.0. The second-order valence-corrected chi connectivity index (χ2v) is 11.5. The van der Waals surface area contributed by atoms with E-state index in [9.17, 15) is 23.1 Å². The van der Waals surface area contributed by atoms with Crippen LogP contribution in [0.5, 0.6) is 5.75 Å². The molecule has 0 unspecified atom stereocenters. The maximum Gasteiger partial charge on any atom is 0.511 e. The van der Waals surface area contributed by atoms with Crippen molar-refractivity contribution in [1.82, 2.24) is 14.1 Å². The summed E-state index contributed by atoms with van der Waals surface area (Å²) in [6, 6.07) is 8.84. The lowest BCUT2D eigenvalue weighted by Crippen LogP contribution is -2.51. The maximum atomic E-state index is 13.9. The van der Waals surface area contributed by atoms with Gasteiger partial charge in [0.05, 0.1) is 18.1 Å². The molecule has 1 amide bonds. The minimum atomic E-state index is -3.33. The van der Waals surface area contributed by atoms with E-state index in [1.54, 1.807) is 4.90 Å². The number of piperidine rings is 1. The summed E-state index contributed by atoms with van der Waals surface area (Å²) < 4.78 is 32.0. The first kappa shape index (κ1) is 25.2. The summed E-state index contributed by atoms with van der Waals surface area (Å²) in [5.41, 5.74) is 0.694. The molecule has 2 fully saturated rings. The number of hydrogen-bond acceptors (Lipinski definition) is 6. The van der Waals surface area contributed by atoms with Crippen LogP contribution in [0.1, 0.15) is 45.4 Å². The van der Waals surface area contributed by atoms with Gasteiger partial charge in [0.2, 0.25) is 21.7 Å². The fourth-order valence-corrected chi connectivity index (χ4v) is 5.86. The number of amides is 1. The van der Waals surface area contributed by atoms with E-state index in [0.29, 0.717) is 24.4 Å². The lowest BCUT2D eigenvalue weighted by atomic mass is 9.82. The van der Waals surface area contributed by atoms with Crippen LogP contribution in [-0.2, 0) is 14.8 Å². The third kappa shape index (κ3) is 5.84. The molecular formula is C24H32N4O6S. The van der Waals surface area contributed by atoms with Gasteiger partial charge in [-0.1, -0.05) is 25.1 Å². The van der Waals surface area contributed by atoms with Crippen LogP contribution in [0.25, 0.3) is 5.69 Å². The molecule has 0 bridgehead atoms. The third-order valence-corrected chi connectivity index (χ3v) is 8.27. The Bertz CT molecular complexity index is 1150. The van der Waals surface area contributed by atoms with Crippen LogP contribution in [0.4, 0.5) is 10.6 Å². The highest BCUT2D eigenvalue weighted by Crippen LogP contribution is 2.37. The lowest BCUT2D eigenvalue weighted by molar-refractivity contribution is -0.124. The summed E-state index contributed by atoms with van der Waals surface area (Å²) in [4.78, 5) is 27.0. The van der Waals surface area contributed by atoms with E-state index in [4.69, 9.17) is 4.74 Å². The highest BCUT2D eigenvalue weighted by molar-refractivity contribution is 7.88. The summed E-state index contributed by atoms with van der Waals surface area (Å²) in [5, 5.41) is 14.0. The number of carbonyl (C=O) groups is 2. The van der Waals surface area contributed by atoms with E-state index in [-0.39, 0.29) is 42.5 Å². The minimum Gasteiger partial charge on any atom is -0.449 e. The first-order chi connectivity index (χ1) is 16.6. The van der Waals surface area contributed by atoms with Crippen LogP contribution in [-0.4, -0.2) is 65.1 Å². The molecule has 2 heterocycles. The Morgan fingerprint density at radius 3 is 2.26 bits per heavy atom. The van der Waals surface area contributed by atoms with Gasteiger partial charge in [0, 0.05) is 25.0 Å². The molecule has 4 rings (SSSR count). The molecule has 11 heteroatoms. The number of hydrogen-bond donors (Lipinski definition) is 1. The van der Waals surface area contributed by atoms with Gasteiger partial charge >= 0.3 is 6.16 Å². The predicted octanol–water partition coefficient (Wildman–Crippen LogP) is 3.51. The molecule has 1 saturated carbocycles. The SMILES string of the molecule is CS(=O)(=O)N1CCC(N(c2nn(-c3ccccc3)cc2OC(=O)O)C(=O)[C@H]2CC[C@H](C)CC2)CC1. The number of nitrogens with zero attached hydrogens (tertiary/aromatic N) is 4. The van der Waals surface area contributed by atoms with Crippen LogP contribution in [0.15, 0.2) is 36.5 Å². The number of ether oxygens (including phenoxy) is 1. The first-order valence-corrected chi connectivity index (χ1v) is 13.8. The Balaban J connectivity index is 1.72. The Hall–Kier alpha value is -2.92. The van der Waals surface area contributed by atoms with Crippen molar-refractivity contribution < 1.29 is 27.9 Å². The van der Waals surface area contributed by atoms with Gasteiger partial charge in [0.1, 0.15) is 0 Å². The van der Waals surface area contributed by atoms with Crippen LogP contribution < -0.4 is 9.64 Å². The molecule has 35 heavy (non-hydrogen) atoms. The van der Waals surface area contributed by atoms with Gasteiger partial charge in [-0.15, -0.1) is 5.10 Å². The van der Waals surface area contributed by atoms with E-state index in [1.165, 1.54) is 21.4 Å². The fourth-order valence-electron chi connectivity index (χ4n) is 4.99. The molecule has 1 aliphatic heterocycles. The molecule has 10 nitrogen and oxygen atoms in total. The van der Waals surface area contributed by atoms with E-state index in [0.717, 1.165) is 25.7 Å². The molecule has 1 aromatic carbocycles. The number of rotatable bonds is 6. The number of carboxylic acid groups (broad SMARTS) is 1. The number of sulfonamides is 1. The third-order valence-electron chi connectivity index (χ3n) is 6.97. The zero-order chi connectivity index (χ0) is 25.2. The normalized spacial score (nSPS) is 22.0. The molecular weight excluding hydrogens is 472 g/mol. The Kier molecular flexibility index (Phi) is 7.46. The van der Waals surface area contributed by atoms with Crippen molar-refractivity contribution in [1.29, 1.82) is 0 Å². The molecule has 190 valence electrons. The summed E-state index contributed by atoms with van der Waals surface area (Å²) in [6.07, 6.45) is 5.42. The minimum absolute atomic E-state index is 0.0237. The number of aromatic nitrogens is 2. The summed E-state index contributed by atoms with van der Waals surface area (Å²) in [5.74, 6) is 0.387. The Morgan fingerprint density at radius 2 is 1.69 bits per heavy atom. The maximum absolute atomic E-state index is 13.9. The zero-order valence-corrected chi connectivity index (χ0v) is 20.9. The van der Waals surface area contributed by atoms with E-state index >= 15 is 0 Å². The van der Waals surface area contributed by atoms with Gasteiger partial charge in [-0.25, -0.2) is 22.2 Å². The molecule has 1 aliphatic carbocycles. The molecule has 1 N–H and O–H groups in total. The largest absolute Gasteiger partial charge is 0.511 e.